The minimum Gasteiger partial charge on any atom is -0.409 e. The lowest BCUT2D eigenvalue weighted by molar-refractivity contribution is -0.122. The highest BCUT2D eigenvalue weighted by Gasteiger charge is 2.46. The zero-order valence-electron chi connectivity index (χ0n) is 11.8. The van der Waals surface area contributed by atoms with Crippen LogP contribution in [0.25, 0.3) is 0 Å². The summed E-state index contributed by atoms with van der Waals surface area (Å²) in [5, 5.41) is 0.147. The van der Waals surface area contributed by atoms with Crippen molar-refractivity contribution in [1.29, 1.82) is 0 Å². The van der Waals surface area contributed by atoms with Gasteiger partial charge in [-0.25, -0.2) is 0 Å². The molecule has 0 aromatic carbocycles. The molecule has 96 valence electrons. The molecule has 0 radical (unpaired) electrons. The fourth-order valence-corrected chi connectivity index (χ4v) is 2.88. The summed E-state index contributed by atoms with van der Waals surface area (Å²) in [5.41, 5.74) is -0.588. The van der Waals surface area contributed by atoms with Crippen molar-refractivity contribution in [3.05, 3.63) is 24.8 Å². The number of ketones is 1. The van der Waals surface area contributed by atoms with E-state index in [1.165, 1.54) is 0 Å². The molecule has 1 aliphatic carbocycles. The summed E-state index contributed by atoms with van der Waals surface area (Å²) in [6.07, 6.45) is 5.06. The predicted octanol–water partition coefficient (Wildman–Crippen LogP) is 3.71. The molecule has 0 amide bonds. The Morgan fingerprint density at radius 3 is 2.41 bits per heavy atom. The molecule has 2 atom stereocenters. The maximum absolute atomic E-state index is 11.9. The molecular weight excluding hydrogens is 228 g/mol. The highest BCUT2D eigenvalue weighted by molar-refractivity contribution is 6.74. The van der Waals surface area contributed by atoms with Crippen molar-refractivity contribution >= 4 is 14.1 Å². The van der Waals surface area contributed by atoms with Crippen LogP contribution in [0.3, 0.4) is 0 Å². The van der Waals surface area contributed by atoms with Crippen molar-refractivity contribution in [3.8, 4) is 0 Å². The molecular formula is C14H24O2Si. The second-order valence-corrected chi connectivity index (χ2v) is 11.3. The Balaban J connectivity index is 2.94. The van der Waals surface area contributed by atoms with Crippen LogP contribution in [-0.2, 0) is 9.22 Å². The van der Waals surface area contributed by atoms with Gasteiger partial charge in [0.2, 0.25) is 0 Å². The number of hydrogen-bond donors (Lipinski definition) is 0. The molecule has 0 heterocycles. The highest BCUT2D eigenvalue weighted by atomic mass is 28.4. The Morgan fingerprint density at radius 2 is 2.00 bits per heavy atom. The molecule has 0 aromatic rings. The van der Waals surface area contributed by atoms with Gasteiger partial charge in [0.25, 0.3) is 0 Å². The van der Waals surface area contributed by atoms with Crippen LogP contribution in [0.1, 0.15) is 27.7 Å². The zero-order valence-corrected chi connectivity index (χ0v) is 12.8. The molecule has 0 bridgehead atoms. The first-order chi connectivity index (χ1) is 7.54. The van der Waals surface area contributed by atoms with Gasteiger partial charge in [0.05, 0.1) is 11.5 Å². The Hall–Kier alpha value is -0.673. The molecule has 0 N–H and O–H groups in total. The summed E-state index contributed by atoms with van der Waals surface area (Å²) in [6.45, 7) is 16.7. The first-order valence-corrected chi connectivity index (χ1v) is 8.99. The fraction of sp³-hybridized carbons (Fsp3) is 0.643. The topological polar surface area (TPSA) is 26.3 Å². The van der Waals surface area contributed by atoms with Gasteiger partial charge in [0.1, 0.15) is 0 Å². The third-order valence-corrected chi connectivity index (χ3v) is 8.65. The molecule has 0 saturated heterocycles. The molecule has 1 aliphatic rings. The quantitative estimate of drug-likeness (QED) is 0.565. The van der Waals surface area contributed by atoms with Gasteiger partial charge in [0.15, 0.2) is 14.1 Å². The van der Waals surface area contributed by atoms with Crippen LogP contribution in [0, 0.1) is 5.41 Å². The monoisotopic (exact) mass is 252 g/mol. The number of carbonyl (C=O) groups excluding carboxylic acids is 1. The van der Waals surface area contributed by atoms with Crippen molar-refractivity contribution in [2.45, 2.75) is 51.9 Å². The minimum atomic E-state index is -1.86. The van der Waals surface area contributed by atoms with E-state index in [4.69, 9.17) is 4.43 Å². The van der Waals surface area contributed by atoms with Gasteiger partial charge in [-0.2, -0.15) is 0 Å². The van der Waals surface area contributed by atoms with Crippen molar-refractivity contribution in [2.24, 2.45) is 5.41 Å². The van der Waals surface area contributed by atoms with Crippen LogP contribution in [0.5, 0.6) is 0 Å². The van der Waals surface area contributed by atoms with Gasteiger partial charge in [-0.1, -0.05) is 32.9 Å². The molecule has 0 unspecified atom stereocenters. The van der Waals surface area contributed by atoms with Crippen molar-refractivity contribution < 1.29 is 9.22 Å². The van der Waals surface area contributed by atoms with Crippen molar-refractivity contribution in [1.82, 2.24) is 0 Å². The second kappa shape index (κ2) is 4.21. The molecule has 0 aliphatic heterocycles. The van der Waals surface area contributed by atoms with E-state index in [1.807, 2.05) is 13.0 Å². The summed E-state index contributed by atoms with van der Waals surface area (Å²) in [4.78, 5) is 11.9. The SMILES string of the molecule is C=C[C@]1(C)C(=O)C=C[C@H]1O[Si](C)(C)C(C)(C)C. The normalized spacial score (nSPS) is 29.8. The first-order valence-electron chi connectivity index (χ1n) is 6.08. The predicted molar refractivity (Wildman–Crippen MR) is 74.5 cm³/mol. The van der Waals surface area contributed by atoms with E-state index < -0.39 is 13.7 Å². The molecule has 0 spiro atoms. The summed E-state index contributed by atoms with van der Waals surface area (Å²) in [6, 6.07) is 0. The number of hydrogen-bond acceptors (Lipinski definition) is 2. The van der Waals surface area contributed by atoms with Crippen LogP contribution in [0.2, 0.25) is 18.1 Å². The van der Waals surface area contributed by atoms with Gasteiger partial charge in [-0.15, -0.1) is 6.58 Å². The van der Waals surface area contributed by atoms with E-state index in [1.54, 1.807) is 12.2 Å². The largest absolute Gasteiger partial charge is 0.409 e. The van der Waals surface area contributed by atoms with E-state index in [2.05, 4.69) is 40.4 Å². The lowest BCUT2D eigenvalue weighted by Gasteiger charge is -2.41. The molecule has 0 fully saturated rings. The molecule has 1 rings (SSSR count). The molecule has 2 nitrogen and oxygen atoms in total. The average molecular weight is 252 g/mol. The third-order valence-electron chi connectivity index (χ3n) is 4.20. The van der Waals surface area contributed by atoms with Crippen LogP contribution < -0.4 is 0 Å². The fourth-order valence-electron chi connectivity index (χ4n) is 1.57. The van der Waals surface area contributed by atoms with Crippen LogP contribution in [-0.4, -0.2) is 20.2 Å². The van der Waals surface area contributed by atoms with Crippen molar-refractivity contribution in [3.63, 3.8) is 0 Å². The molecule has 3 heteroatoms. The Bertz CT molecular complexity index is 363. The lowest BCUT2D eigenvalue weighted by atomic mass is 9.85. The maximum atomic E-state index is 11.9. The van der Waals surface area contributed by atoms with Gasteiger partial charge in [0, 0.05) is 0 Å². The van der Waals surface area contributed by atoms with Gasteiger partial charge in [-0.3, -0.25) is 4.79 Å². The van der Waals surface area contributed by atoms with Crippen LogP contribution in [0.4, 0.5) is 0 Å². The average Bonchev–Trinajstić information content (AvgIpc) is 2.44. The highest BCUT2D eigenvalue weighted by Crippen LogP contribution is 2.42. The van der Waals surface area contributed by atoms with Crippen LogP contribution >= 0.6 is 0 Å². The van der Waals surface area contributed by atoms with E-state index in [9.17, 15) is 4.79 Å². The second-order valence-electron chi connectivity index (χ2n) is 6.51. The Kier molecular flexibility index (Phi) is 3.57. The molecule has 0 aromatic heterocycles. The number of allylic oxidation sites excluding steroid dienone is 1. The Morgan fingerprint density at radius 1 is 1.47 bits per heavy atom. The van der Waals surface area contributed by atoms with E-state index in [-0.39, 0.29) is 16.9 Å². The van der Waals surface area contributed by atoms with Crippen molar-refractivity contribution in [2.75, 3.05) is 0 Å². The molecule has 0 saturated carbocycles. The summed E-state index contributed by atoms with van der Waals surface area (Å²) < 4.78 is 6.30. The summed E-state index contributed by atoms with van der Waals surface area (Å²) in [5.74, 6) is 0.0937. The summed E-state index contributed by atoms with van der Waals surface area (Å²) in [7, 11) is -1.86. The van der Waals surface area contributed by atoms with Crippen LogP contribution in [0.15, 0.2) is 24.8 Å². The maximum Gasteiger partial charge on any atom is 0.192 e. The van der Waals surface area contributed by atoms with E-state index in [0.717, 1.165) is 0 Å². The minimum absolute atomic E-state index is 0.0937. The third kappa shape index (κ3) is 2.45. The Labute approximate surface area is 106 Å². The first kappa shape index (κ1) is 14.4. The molecule has 17 heavy (non-hydrogen) atoms. The van der Waals surface area contributed by atoms with Gasteiger partial charge >= 0.3 is 0 Å². The summed E-state index contributed by atoms with van der Waals surface area (Å²) >= 11 is 0. The van der Waals surface area contributed by atoms with Gasteiger partial charge < -0.3 is 4.43 Å². The number of rotatable bonds is 3. The van der Waals surface area contributed by atoms with E-state index in [0.29, 0.717) is 0 Å². The van der Waals surface area contributed by atoms with E-state index >= 15 is 0 Å². The smallest absolute Gasteiger partial charge is 0.192 e. The lowest BCUT2D eigenvalue weighted by Crippen LogP contribution is -2.47. The number of carbonyl (C=O) groups is 1. The standard InChI is InChI=1S/C14H24O2Si/c1-8-14(5)11(15)9-10-12(14)16-17(6,7)13(2,3)4/h8-10,12H,1H2,2-7H3/t12-,14-/m1/s1. The van der Waals surface area contributed by atoms with Gasteiger partial charge in [-0.05, 0) is 31.1 Å². The zero-order chi connectivity index (χ0) is 13.5.